The van der Waals surface area contributed by atoms with E-state index in [1.165, 1.54) is 25.1 Å². The van der Waals surface area contributed by atoms with Gasteiger partial charge in [-0.25, -0.2) is 0 Å². The van der Waals surface area contributed by atoms with Crippen LogP contribution in [0.1, 0.15) is 30.4 Å². The lowest BCUT2D eigenvalue weighted by Gasteiger charge is -2.40. The molecule has 0 amide bonds. The molecule has 2 fully saturated rings. The second-order valence-electron chi connectivity index (χ2n) is 5.02. The van der Waals surface area contributed by atoms with E-state index >= 15 is 0 Å². The molecular weight excluding hydrogens is 182 g/mol. The van der Waals surface area contributed by atoms with Gasteiger partial charge in [-0.05, 0) is 54.8 Å². The molecule has 3 rings (SSSR count). The maximum Gasteiger partial charge on any atom is -0.00114 e. The van der Waals surface area contributed by atoms with Gasteiger partial charge in [-0.15, -0.1) is 0 Å². The molecule has 1 nitrogen and oxygen atoms in total. The van der Waals surface area contributed by atoms with Gasteiger partial charge in [0.05, 0.1) is 0 Å². The number of fused-ring (bicyclic) bond motifs is 1. The first kappa shape index (κ1) is 9.41. The van der Waals surface area contributed by atoms with Crippen molar-refractivity contribution in [1.82, 2.24) is 5.32 Å². The van der Waals surface area contributed by atoms with E-state index in [0.29, 0.717) is 0 Å². The Morgan fingerprint density at radius 3 is 2.67 bits per heavy atom. The third-order valence-electron chi connectivity index (χ3n) is 4.28. The van der Waals surface area contributed by atoms with E-state index in [1.807, 2.05) is 0 Å². The third kappa shape index (κ3) is 1.50. The number of hydrogen-bond donors (Lipinski definition) is 1. The highest BCUT2D eigenvalue weighted by molar-refractivity contribution is 5.28. The zero-order valence-corrected chi connectivity index (χ0v) is 9.37. The van der Waals surface area contributed by atoms with Gasteiger partial charge in [0.2, 0.25) is 0 Å². The molecule has 1 saturated heterocycles. The maximum absolute atomic E-state index is 3.51. The fourth-order valence-electron chi connectivity index (χ4n) is 3.17. The summed E-state index contributed by atoms with van der Waals surface area (Å²) in [6.45, 7) is 4.72. The Bertz CT molecular complexity index is 341. The normalized spacial score (nSPS) is 33.5. The summed E-state index contributed by atoms with van der Waals surface area (Å²) in [4.78, 5) is 0. The lowest BCUT2D eigenvalue weighted by atomic mass is 9.64. The molecule has 3 atom stereocenters. The summed E-state index contributed by atoms with van der Waals surface area (Å²) in [5, 5.41) is 3.51. The second kappa shape index (κ2) is 3.64. The Hall–Kier alpha value is -0.820. The smallest absolute Gasteiger partial charge is 0.00114 e. The highest BCUT2D eigenvalue weighted by Crippen LogP contribution is 2.48. The van der Waals surface area contributed by atoms with Crippen LogP contribution in [0.15, 0.2) is 24.3 Å². The summed E-state index contributed by atoms with van der Waals surface area (Å²) in [6.07, 6.45) is 2.56. The Morgan fingerprint density at radius 1 is 1.20 bits per heavy atom. The summed E-state index contributed by atoms with van der Waals surface area (Å²) >= 11 is 0. The molecule has 2 aliphatic rings. The van der Waals surface area contributed by atoms with Gasteiger partial charge >= 0.3 is 0 Å². The molecule has 1 aromatic carbocycles. The fraction of sp³-hybridized carbons (Fsp3) is 0.571. The zero-order chi connectivity index (χ0) is 10.3. The van der Waals surface area contributed by atoms with Crippen molar-refractivity contribution in [3.8, 4) is 0 Å². The average Bonchev–Trinajstić information content (AvgIpc) is 2.61. The monoisotopic (exact) mass is 201 g/mol. The van der Waals surface area contributed by atoms with Gasteiger partial charge in [0.1, 0.15) is 0 Å². The van der Waals surface area contributed by atoms with Crippen LogP contribution in [-0.2, 0) is 6.42 Å². The molecular formula is C14H19N. The highest BCUT2D eigenvalue weighted by Gasteiger charge is 2.44. The van der Waals surface area contributed by atoms with Crippen molar-refractivity contribution in [3.05, 3.63) is 35.4 Å². The van der Waals surface area contributed by atoms with Crippen molar-refractivity contribution in [2.45, 2.75) is 25.7 Å². The Labute approximate surface area is 91.9 Å². The van der Waals surface area contributed by atoms with Gasteiger partial charge in [0.15, 0.2) is 0 Å². The highest BCUT2D eigenvalue weighted by atomic mass is 14.9. The Kier molecular flexibility index (Phi) is 2.28. The van der Waals surface area contributed by atoms with Crippen LogP contribution in [0.5, 0.6) is 0 Å². The van der Waals surface area contributed by atoms with E-state index in [2.05, 4.69) is 36.5 Å². The summed E-state index contributed by atoms with van der Waals surface area (Å²) in [5.74, 6) is 2.74. The summed E-state index contributed by atoms with van der Waals surface area (Å²) < 4.78 is 0. The Balaban J connectivity index is 1.76. The van der Waals surface area contributed by atoms with Crippen molar-refractivity contribution in [2.75, 3.05) is 13.1 Å². The van der Waals surface area contributed by atoms with Crippen LogP contribution in [0.2, 0.25) is 0 Å². The first-order valence-corrected chi connectivity index (χ1v) is 6.18. The molecule has 1 heterocycles. The van der Waals surface area contributed by atoms with Crippen molar-refractivity contribution >= 4 is 0 Å². The zero-order valence-electron chi connectivity index (χ0n) is 9.37. The Morgan fingerprint density at radius 2 is 2.00 bits per heavy atom. The van der Waals surface area contributed by atoms with Gasteiger partial charge in [0, 0.05) is 0 Å². The largest absolute Gasteiger partial charge is 0.316 e. The molecule has 1 aliphatic heterocycles. The lowest BCUT2D eigenvalue weighted by Crippen LogP contribution is -2.33. The molecule has 0 aromatic heterocycles. The minimum Gasteiger partial charge on any atom is -0.316 e. The number of hydrogen-bond acceptors (Lipinski definition) is 1. The first-order valence-electron chi connectivity index (χ1n) is 6.18. The number of rotatable bonds is 2. The van der Waals surface area contributed by atoms with Crippen LogP contribution in [0.4, 0.5) is 0 Å². The molecule has 1 N–H and O–H groups in total. The number of nitrogens with one attached hydrogen (secondary N) is 1. The molecule has 80 valence electrons. The van der Waals surface area contributed by atoms with E-state index in [4.69, 9.17) is 0 Å². The van der Waals surface area contributed by atoms with Crippen LogP contribution >= 0.6 is 0 Å². The van der Waals surface area contributed by atoms with Gasteiger partial charge in [-0.3, -0.25) is 0 Å². The second-order valence-corrected chi connectivity index (χ2v) is 5.02. The number of benzene rings is 1. The predicted molar refractivity (Wildman–Crippen MR) is 63.0 cm³/mol. The summed E-state index contributed by atoms with van der Waals surface area (Å²) in [6, 6.07) is 9.28. The minimum atomic E-state index is 0.843. The van der Waals surface area contributed by atoms with E-state index in [-0.39, 0.29) is 0 Å². The average molecular weight is 201 g/mol. The standard InChI is InChI=1S/C14H19N/c1-2-10-3-5-11(6-4-10)13-7-12-8-15-9-14(12)13/h3-6,12-15H,2,7-9H2,1H3/t12-,13-,14-/m0/s1. The molecule has 0 radical (unpaired) electrons. The topological polar surface area (TPSA) is 12.0 Å². The van der Waals surface area contributed by atoms with Crippen molar-refractivity contribution in [1.29, 1.82) is 0 Å². The number of aryl methyl sites for hydroxylation is 1. The van der Waals surface area contributed by atoms with Gasteiger partial charge in [-0.1, -0.05) is 31.2 Å². The molecule has 1 heteroatoms. The predicted octanol–water partition coefficient (Wildman–Crippen LogP) is 2.57. The summed E-state index contributed by atoms with van der Waals surface area (Å²) in [7, 11) is 0. The van der Waals surface area contributed by atoms with Crippen LogP contribution in [0.3, 0.4) is 0 Å². The molecule has 1 aliphatic carbocycles. The molecule has 0 unspecified atom stereocenters. The first-order chi connectivity index (χ1) is 7.38. The third-order valence-corrected chi connectivity index (χ3v) is 4.28. The van der Waals surface area contributed by atoms with Crippen LogP contribution in [0.25, 0.3) is 0 Å². The van der Waals surface area contributed by atoms with Crippen molar-refractivity contribution < 1.29 is 0 Å². The fourth-order valence-corrected chi connectivity index (χ4v) is 3.17. The molecule has 0 bridgehead atoms. The molecule has 1 aromatic rings. The quantitative estimate of drug-likeness (QED) is 0.775. The molecule has 0 spiro atoms. The maximum atomic E-state index is 3.51. The van der Waals surface area contributed by atoms with E-state index in [1.54, 1.807) is 5.56 Å². The van der Waals surface area contributed by atoms with Crippen LogP contribution in [0, 0.1) is 11.8 Å². The van der Waals surface area contributed by atoms with E-state index in [0.717, 1.165) is 24.2 Å². The lowest BCUT2D eigenvalue weighted by molar-refractivity contribution is 0.191. The minimum absolute atomic E-state index is 0.843. The summed E-state index contributed by atoms with van der Waals surface area (Å²) in [5.41, 5.74) is 3.02. The van der Waals surface area contributed by atoms with E-state index in [9.17, 15) is 0 Å². The van der Waals surface area contributed by atoms with Crippen molar-refractivity contribution in [2.24, 2.45) is 11.8 Å². The SMILES string of the molecule is CCc1ccc([C@@H]2C[C@H]3CNC[C@@H]32)cc1. The van der Waals surface area contributed by atoms with Crippen LogP contribution in [-0.4, -0.2) is 13.1 Å². The van der Waals surface area contributed by atoms with Gasteiger partial charge in [0.25, 0.3) is 0 Å². The van der Waals surface area contributed by atoms with Gasteiger partial charge < -0.3 is 5.32 Å². The van der Waals surface area contributed by atoms with Gasteiger partial charge in [-0.2, -0.15) is 0 Å². The van der Waals surface area contributed by atoms with Crippen molar-refractivity contribution in [3.63, 3.8) is 0 Å². The molecule has 1 saturated carbocycles. The van der Waals surface area contributed by atoms with Crippen LogP contribution < -0.4 is 5.32 Å². The molecule has 15 heavy (non-hydrogen) atoms. The van der Waals surface area contributed by atoms with E-state index < -0.39 is 0 Å².